The number of aryl methyl sites for hydroxylation is 2. The molecule has 0 saturated heterocycles. The predicted molar refractivity (Wildman–Crippen MR) is 132 cm³/mol. The molecular weight excluding hydrogens is 438 g/mol. The molecule has 0 fully saturated rings. The minimum absolute atomic E-state index is 0.0315. The van der Waals surface area contributed by atoms with Gasteiger partial charge >= 0.3 is 0 Å². The van der Waals surface area contributed by atoms with Crippen LogP contribution in [-0.4, -0.2) is 50.0 Å². The summed E-state index contributed by atoms with van der Waals surface area (Å²) < 4.78 is 26.2. The van der Waals surface area contributed by atoms with E-state index in [1.807, 2.05) is 52.0 Å². The van der Waals surface area contributed by atoms with Crippen molar-refractivity contribution in [2.75, 3.05) is 17.1 Å². The van der Waals surface area contributed by atoms with E-state index < -0.39 is 28.5 Å². The van der Waals surface area contributed by atoms with Crippen molar-refractivity contribution in [1.82, 2.24) is 10.2 Å². The van der Waals surface area contributed by atoms with Crippen molar-refractivity contribution in [1.29, 1.82) is 0 Å². The zero-order valence-corrected chi connectivity index (χ0v) is 21.1. The summed E-state index contributed by atoms with van der Waals surface area (Å²) in [5.41, 5.74) is 3.29. The van der Waals surface area contributed by atoms with Gasteiger partial charge in [-0.15, -0.1) is 0 Å². The Balaban J connectivity index is 2.37. The normalized spacial score (nSPS) is 13.2. The van der Waals surface area contributed by atoms with E-state index in [4.69, 9.17) is 0 Å². The number of benzene rings is 2. The molecule has 2 rings (SSSR count). The van der Waals surface area contributed by atoms with E-state index in [1.165, 1.54) is 4.90 Å². The average Bonchev–Trinajstić information content (AvgIpc) is 2.75. The lowest BCUT2D eigenvalue weighted by Crippen LogP contribution is -2.52. The van der Waals surface area contributed by atoms with E-state index in [0.29, 0.717) is 5.69 Å². The van der Waals surface area contributed by atoms with Gasteiger partial charge in [0.15, 0.2) is 0 Å². The lowest BCUT2D eigenvalue weighted by Gasteiger charge is -2.32. The first-order valence-electron chi connectivity index (χ1n) is 11.1. The van der Waals surface area contributed by atoms with Crippen LogP contribution in [0.2, 0.25) is 0 Å². The van der Waals surface area contributed by atoms with Gasteiger partial charge in [-0.25, -0.2) is 8.42 Å². The molecule has 2 aromatic rings. The number of nitrogens with zero attached hydrogens (tertiary/aromatic N) is 2. The monoisotopic (exact) mass is 473 g/mol. The Bertz CT molecular complexity index is 1070. The molecule has 2 aromatic carbocycles. The zero-order chi connectivity index (χ0) is 24.8. The summed E-state index contributed by atoms with van der Waals surface area (Å²) in [4.78, 5) is 27.8. The third kappa shape index (κ3) is 7.60. The number of carbonyl (C=O) groups excluding carboxylic acids is 2. The lowest BCUT2D eigenvalue weighted by molar-refractivity contribution is -0.139. The fourth-order valence-electron chi connectivity index (χ4n) is 3.38. The molecule has 0 saturated carbocycles. The van der Waals surface area contributed by atoms with Gasteiger partial charge in [0.1, 0.15) is 12.6 Å². The highest BCUT2D eigenvalue weighted by Gasteiger charge is 2.30. The molecule has 180 valence electrons. The molecule has 0 aliphatic rings. The highest BCUT2D eigenvalue weighted by Crippen LogP contribution is 2.20. The van der Waals surface area contributed by atoms with Crippen molar-refractivity contribution in [2.24, 2.45) is 0 Å². The Hall–Kier alpha value is -2.87. The third-order valence-electron chi connectivity index (χ3n) is 5.60. The Morgan fingerprint density at radius 2 is 1.64 bits per heavy atom. The largest absolute Gasteiger partial charge is 0.352 e. The topological polar surface area (TPSA) is 86.8 Å². The Morgan fingerprint density at radius 1 is 1.00 bits per heavy atom. The van der Waals surface area contributed by atoms with Crippen LogP contribution in [0.5, 0.6) is 0 Å². The molecule has 2 amide bonds. The fraction of sp³-hybridized carbons (Fsp3) is 0.440. The summed E-state index contributed by atoms with van der Waals surface area (Å²) in [5, 5.41) is 2.92. The number of amides is 2. The maximum Gasteiger partial charge on any atom is 0.244 e. The van der Waals surface area contributed by atoms with Crippen LogP contribution in [0.3, 0.4) is 0 Å². The van der Waals surface area contributed by atoms with Gasteiger partial charge in [-0.05, 0) is 51.8 Å². The first kappa shape index (κ1) is 26.4. The van der Waals surface area contributed by atoms with Gasteiger partial charge < -0.3 is 10.2 Å². The highest BCUT2D eigenvalue weighted by molar-refractivity contribution is 7.92. The maximum atomic E-state index is 13.5. The van der Waals surface area contributed by atoms with Crippen LogP contribution >= 0.6 is 0 Å². The summed E-state index contributed by atoms with van der Waals surface area (Å²) in [7, 11) is -3.72. The molecule has 7 nitrogen and oxygen atoms in total. The minimum atomic E-state index is -3.72. The Morgan fingerprint density at radius 3 is 2.18 bits per heavy atom. The third-order valence-corrected chi connectivity index (χ3v) is 6.75. The first-order valence-corrected chi connectivity index (χ1v) is 13.0. The molecule has 0 aliphatic heterocycles. The van der Waals surface area contributed by atoms with Crippen molar-refractivity contribution in [3.8, 4) is 0 Å². The summed E-state index contributed by atoms with van der Waals surface area (Å²) in [6.45, 7) is 9.20. The smallest absolute Gasteiger partial charge is 0.244 e. The van der Waals surface area contributed by atoms with E-state index in [2.05, 4.69) is 5.32 Å². The van der Waals surface area contributed by atoms with Crippen molar-refractivity contribution in [3.63, 3.8) is 0 Å². The van der Waals surface area contributed by atoms with Gasteiger partial charge in [-0.3, -0.25) is 13.9 Å². The zero-order valence-electron chi connectivity index (χ0n) is 20.3. The second-order valence-corrected chi connectivity index (χ2v) is 10.5. The second-order valence-electron chi connectivity index (χ2n) is 8.61. The van der Waals surface area contributed by atoms with Crippen molar-refractivity contribution >= 4 is 27.5 Å². The molecule has 0 aliphatic carbocycles. The van der Waals surface area contributed by atoms with Crippen molar-refractivity contribution in [2.45, 2.75) is 59.7 Å². The Kier molecular flexibility index (Phi) is 9.05. The van der Waals surface area contributed by atoms with Gasteiger partial charge in [-0.1, -0.05) is 54.4 Å². The van der Waals surface area contributed by atoms with Crippen LogP contribution in [0, 0.1) is 13.8 Å². The molecular formula is C25H35N3O4S. The standard InChI is InChI=1S/C25H35N3O4S/c1-7-20(4)26-25(30)21(5)27(16-22-10-8-9-19(3)15-22)24(29)17-28(33(6,31)32)23-13-11-18(2)12-14-23/h8-15,20-21H,7,16-17H2,1-6H3,(H,26,30)/t20-,21-/m1/s1. The molecule has 8 heteroatoms. The molecule has 0 bridgehead atoms. The number of nitrogens with one attached hydrogen (secondary N) is 1. The maximum absolute atomic E-state index is 13.5. The Labute approximate surface area is 197 Å². The summed E-state index contributed by atoms with van der Waals surface area (Å²) >= 11 is 0. The minimum Gasteiger partial charge on any atom is -0.352 e. The molecule has 0 unspecified atom stereocenters. The summed E-state index contributed by atoms with van der Waals surface area (Å²) in [6, 6.07) is 13.8. The molecule has 1 N–H and O–H groups in total. The molecule has 0 radical (unpaired) electrons. The van der Waals surface area contributed by atoms with E-state index in [-0.39, 0.29) is 18.5 Å². The average molecular weight is 474 g/mol. The quantitative estimate of drug-likeness (QED) is 0.573. The van der Waals surface area contributed by atoms with E-state index in [0.717, 1.165) is 33.7 Å². The number of anilines is 1. The van der Waals surface area contributed by atoms with Crippen LogP contribution < -0.4 is 9.62 Å². The molecule has 0 spiro atoms. The summed E-state index contributed by atoms with van der Waals surface area (Å²) in [5.74, 6) is -0.721. The number of hydrogen-bond donors (Lipinski definition) is 1. The van der Waals surface area contributed by atoms with Gasteiger partial charge in [0, 0.05) is 12.6 Å². The van der Waals surface area contributed by atoms with Crippen molar-refractivity contribution < 1.29 is 18.0 Å². The van der Waals surface area contributed by atoms with Crippen LogP contribution in [0.15, 0.2) is 48.5 Å². The van der Waals surface area contributed by atoms with Gasteiger partial charge in [-0.2, -0.15) is 0 Å². The van der Waals surface area contributed by atoms with Gasteiger partial charge in [0.05, 0.1) is 11.9 Å². The van der Waals surface area contributed by atoms with Crippen LogP contribution in [0.25, 0.3) is 0 Å². The van der Waals surface area contributed by atoms with Crippen LogP contribution in [0.4, 0.5) is 5.69 Å². The number of carbonyl (C=O) groups is 2. The van der Waals surface area contributed by atoms with E-state index in [1.54, 1.807) is 31.2 Å². The SMILES string of the molecule is CC[C@@H](C)NC(=O)[C@@H](C)N(Cc1cccc(C)c1)C(=O)CN(c1ccc(C)cc1)S(C)(=O)=O. The summed E-state index contributed by atoms with van der Waals surface area (Å²) in [6.07, 6.45) is 1.84. The van der Waals surface area contributed by atoms with Crippen molar-refractivity contribution in [3.05, 3.63) is 65.2 Å². The highest BCUT2D eigenvalue weighted by atomic mass is 32.2. The lowest BCUT2D eigenvalue weighted by atomic mass is 10.1. The predicted octanol–water partition coefficient (Wildman–Crippen LogP) is 3.40. The second kappa shape index (κ2) is 11.3. The molecule has 0 heterocycles. The van der Waals surface area contributed by atoms with E-state index >= 15 is 0 Å². The molecule has 2 atom stereocenters. The van der Waals surface area contributed by atoms with Gasteiger partial charge in [0.2, 0.25) is 21.8 Å². The first-order chi connectivity index (χ1) is 15.4. The van der Waals surface area contributed by atoms with Gasteiger partial charge in [0.25, 0.3) is 0 Å². The number of rotatable bonds is 10. The number of sulfonamides is 1. The van der Waals surface area contributed by atoms with Crippen LogP contribution in [0.1, 0.15) is 43.9 Å². The van der Waals surface area contributed by atoms with Crippen LogP contribution in [-0.2, 0) is 26.2 Å². The molecule has 0 aromatic heterocycles. The molecule has 33 heavy (non-hydrogen) atoms. The number of hydrogen-bond acceptors (Lipinski definition) is 4. The fourth-order valence-corrected chi connectivity index (χ4v) is 4.23. The van der Waals surface area contributed by atoms with E-state index in [9.17, 15) is 18.0 Å².